The molecule has 70 heavy (non-hydrogen) atoms. The third kappa shape index (κ3) is 21.9. The number of rotatable bonds is 31. The number of hydrogen-bond acceptors (Lipinski definition) is 13. The summed E-state index contributed by atoms with van der Waals surface area (Å²) < 4.78 is 0. The lowest BCUT2D eigenvalue weighted by Gasteiger charge is -2.31. The topological polar surface area (TPSA) is 358 Å². The summed E-state index contributed by atoms with van der Waals surface area (Å²) in [6, 6.07) is -8.28. The second-order valence-electron chi connectivity index (χ2n) is 18.0. The predicted molar refractivity (Wildman–Crippen MR) is 265 cm³/mol. The number of nitrogens with zero attached hydrogens (tertiary/aromatic N) is 3. The number of likely N-dealkylation sites (N-methyl/N-ethyl adjacent to an activating group) is 2. The van der Waals surface area contributed by atoms with E-state index in [1.165, 1.54) is 37.6 Å². The predicted octanol–water partition coefficient (Wildman–Crippen LogP) is -2.69. The largest absolute Gasteiger partial charge is 0.391 e. The van der Waals surface area contributed by atoms with Gasteiger partial charge in [-0.2, -0.15) is 11.8 Å². The summed E-state index contributed by atoms with van der Waals surface area (Å²) in [6.45, 7) is 13.3. The number of likely N-dealkylation sites (tertiary alicyclic amines) is 1. The zero-order valence-electron chi connectivity index (χ0n) is 42.6. The number of thioether (sulfide) groups is 1. The van der Waals surface area contributed by atoms with Crippen molar-refractivity contribution in [3.05, 3.63) is 0 Å². The molecule has 24 nitrogen and oxygen atoms in total. The Morgan fingerprint density at radius 2 is 1.34 bits per heavy atom. The molecule has 0 bridgehead atoms. The molecule has 0 radical (unpaired) electrons. The van der Waals surface area contributed by atoms with Gasteiger partial charge in [0, 0.05) is 39.4 Å². The van der Waals surface area contributed by atoms with Crippen LogP contribution >= 0.6 is 11.8 Å². The number of hydrogen-bond donors (Lipinski definition) is 11. The third-order valence-electron chi connectivity index (χ3n) is 11.5. The van der Waals surface area contributed by atoms with Crippen molar-refractivity contribution in [1.29, 1.82) is 0 Å². The number of guanidine groups is 1. The molecule has 0 unspecified atom stereocenters. The van der Waals surface area contributed by atoms with Crippen LogP contribution in [0.3, 0.4) is 0 Å². The molecule has 0 saturated carbocycles. The molecular weight excluding hydrogens is 931 g/mol. The SMILES string of the molecule is CCC[C@H](NC(=O)[C@@H](NC(=O)[C@@H](CC(C)C)NC(=O)[C@H](CSC)NC(=O)CNC(=O)CN(C)C(C)=O)[C@@H](C)O)C(=O)N[C@H](C(=O)N[C@@H](CCCN=C(N)N)C(=O)N1CCC[C@H]1C(=O)NCC)[C@@H](C)CC. The van der Waals surface area contributed by atoms with Crippen LogP contribution in [0.25, 0.3) is 0 Å². The van der Waals surface area contributed by atoms with E-state index in [-0.39, 0.29) is 61.8 Å². The highest BCUT2D eigenvalue weighted by atomic mass is 32.2. The average Bonchev–Trinajstić information content (AvgIpc) is 3.79. The number of aliphatic hydroxyl groups excluding tert-OH is 1. The first kappa shape index (κ1) is 62.3. The first-order valence-corrected chi connectivity index (χ1v) is 25.4. The molecule has 9 atom stereocenters. The van der Waals surface area contributed by atoms with E-state index in [4.69, 9.17) is 11.5 Å². The fourth-order valence-electron chi connectivity index (χ4n) is 7.38. The van der Waals surface area contributed by atoms with E-state index in [1.54, 1.807) is 40.9 Å². The van der Waals surface area contributed by atoms with E-state index < -0.39 is 108 Å². The first-order chi connectivity index (χ1) is 32.9. The summed E-state index contributed by atoms with van der Waals surface area (Å²) in [4.78, 5) is 139. The van der Waals surface area contributed by atoms with E-state index in [1.807, 2.05) is 6.92 Å². The second kappa shape index (κ2) is 32.2. The maximum Gasteiger partial charge on any atom is 0.245 e. The molecule has 1 heterocycles. The van der Waals surface area contributed by atoms with Crippen LogP contribution in [-0.4, -0.2) is 180 Å². The summed E-state index contributed by atoms with van der Waals surface area (Å²) in [7, 11) is 1.42. The van der Waals surface area contributed by atoms with Crippen LogP contribution in [0.5, 0.6) is 0 Å². The molecule has 0 spiro atoms. The summed E-state index contributed by atoms with van der Waals surface area (Å²) in [5, 5.41) is 31.8. The number of amides is 10. The Bertz CT molecular complexity index is 1820. The van der Waals surface area contributed by atoms with Crippen LogP contribution in [-0.2, 0) is 47.9 Å². The monoisotopic (exact) mass is 1010 g/mol. The zero-order chi connectivity index (χ0) is 53.2. The van der Waals surface area contributed by atoms with Crippen LogP contribution in [0.4, 0.5) is 0 Å². The van der Waals surface area contributed by atoms with Gasteiger partial charge in [0.05, 0.1) is 19.2 Å². The van der Waals surface area contributed by atoms with Crippen LogP contribution < -0.4 is 54.0 Å². The first-order valence-electron chi connectivity index (χ1n) is 24.0. The molecule has 25 heteroatoms. The van der Waals surface area contributed by atoms with Gasteiger partial charge in [-0.1, -0.05) is 47.5 Å². The molecular formula is C45H81N13O11S. The lowest BCUT2D eigenvalue weighted by atomic mass is 9.96. The fourth-order valence-corrected chi connectivity index (χ4v) is 7.95. The van der Waals surface area contributed by atoms with Crippen molar-refractivity contribution in [2.45, 2.75) is 155 Å². The van der Waals surface area contributed by atoms with Gasteiger partial charge < -0.3 is 68.9 Å². The smallest absolute Gasteiger partial charge is 0.245 e. The van der Waals surface area contributed by atoms with Crippen LogP contribution in [0, 0.1) is 11.8 Å². The second-order valence-corrected chi connectivity index (χ2v) is 18.9. The number of aliphatic hydroxyl groups is 1. The average molecular weight is 1010 g/mol. The maximum absolute atomic E-state index is 14.2. The van der Waals surface area contributed by atoms with Gasteiger partial charge in [0.15, 0.2) is 5.96 Å². The molecule has 1 aliphatic rings. The van der Waals surface area contributed by atoms with Gasteiger partial charge in [0.1, 0.15) is 42.3 Å². The minimum absolute atomic E-state index is 0.0842. The number of aliphatic imine (C=N–C) groups is 1. The Labute approximate surface area is 416 Å². The molecule has 0 aromatic heterocycles. The van der Waals surface area contributed by atoms with Crippen molar-refractivity contribution >= 4 is 76.8 Å². The normalized spacial score (nSPS) is 16.6. The molecule has 0 aromatic carbocycles. The van der Waals surface area contributed by atoms with Crippen molar-refractivity contribution < 1.29 is 53.1 Å². The maximum atomic E-state index is 14.2. The van der Waals surface area contributed by atoms with Gasteiger partial charge >= 0.3 is 0 Å². The lowest BCUT2D eigenvalue weighted by molar-refractivity contribution is -0.142. The van der Waals surface area contributed by atoms with Gasteiger partial charge in [0.2, 0.25) is 59.1 Å². The standard InChI is InChI=1S/C45H81N13O11S/c1-11-16-29(38(63)55-36(26(6)12-2)42(67)53-30(17-14-19-49-45(46)47)44(69)58-20-15-18-33(58)41(66)48-13-3)52-43(68)37(27(7)59)56-39(64)31(21-25(4)5)54-40(65)32(24-70-10)51-34(61)22-50-35(62)23-57(9)28(8)60/h25-27,29-33,36-37,59H,11-24H2,1-10H3,(H,48,66)(H,50,62)(H,51,61)(H,52,68)(H,53,67)(H,54,65)(H,55,63)(H,56,64)(H4,46,47,49)/t26-,27+,29-,30-,31+,32-,33-,36-,37-/m0/s1. The molecule has 10 amide bonds. The quantitative estimate of drug-likeness (QED) is 0.0192. The summed E-state index contributed by atoms with van der Waals surface area (Å²) in [5.41, 5.74) is 11.0. The Kier molecular flexibility index (Phi) is 28.7. The Hall–Kier alpha value is -5.72. The zero-order valence-corrected chi connectivity index (χ0v) is 43.4. The molecule has 0 aliphatic carbocycles. The van der Waals surface area contributed by atoms with Crippen molar-refractivity contribution in [2.24, 2.45) is 28.3 Å². The van der Waals surface area contributed by atoms with Gasteiger partial charge in [-0.15, -0.1) is 0 Å². The highest BCUT2D eigenvalue weighted by molar-refractivity contribution is 7.98. The third-order valence-corrected chi connectivity index (χ3v) is 12.2. The minimum Gasteiger partial charge on any atom is -0.391 e. The fraction of sp³-hybridized carbons (Fsp3) is 0.756. The van der Waals surface area contributed by atoms with Crippen molar-refractivity contribution in [2.75, 3.05) is 51.8 Å². The molecule has 1 rings (SSSR count). The van der Waals surface area contributed by atoms with Gasteiger partial charge in [-0.25, -0.2) is 0 Å². The van der Waals surface area contributed by atoms with Gasteiger partial charge in [0.25, 0.3) is 0 Å². The Morgan fingerprint density at radius 3 is 1.90 bits per heavy atom. The van der Waals surface area contributed by atoms with Gasteiger partial charge in [-0.05, 0) is 70.5 Å². The summed E-state index contributed by atoms with van der Waals surface area (Å²) in [5.74, 6) is -7.03. The minimum atomic E-state index is -1.62. The van der Waals surface area contributed by atoms with E-state index in [0.29, 0.717) is 45.2 Å². The molecule has 398 valence electrons. The summed E-state index contributed by atoms with van der Waals surface area (Å²) >= 11 is 1.23. The van der Waals surface area contributed by atoms with Crippen LogP contribution in [0.2, 0.25) is 0 Å². The highest BCUT2D eigenvalue weighted by Crippen LogP contribution is 2.20. The molecule has 1 fully saturated rings. The van der Waals surface area contributed by atoms with E-state index in [2.05, 4.69) is 47.5 Å². The Balaban J connectivity index is 3.29. The molecule has 1 saturated heterocycles. The van der Waals surface area contributed by atoms with E-state index in [0.717, 1.165) is 4.90 Å². The number of carbonyl (C=O) groups is 10. The number of nitrogens with two attached hydrogens (primary N) is 2. The van der Waals surface area contributed by atoms with E-state index >= 15 is 0 Å². The molecule has 13 N–H and O–H groups in total. The van der Waals surface area contributed by atoms with Crippen LogP contribution in [0.1, 0.15) is 107 Å². The Morgan fingerprint density at radius 1 is 0.757 bits per heavy atom. The lowest BCUT2D eigenvalue weighted by Crippen LogP contribution is -2.62. The molecule has 0 aromatic rings. The van der Waals surface area contributed by atoms with E-state index in [9.17, 15) is 53.1 Å². The number of carbonyl (C=O) groups excluding carboxylic acids is 10. The van der Waals surface area contributed by atoms with Crippen molar-refractivity contribution in [1.82, 2.24) is 52.3 Å². The highest BCUT2D eigenvalue weighted by Gasteiger charge is 2.40. The summed E-state index contributed by atoms with van der Waals surface area (Å²) in [6.07, 6.45) is 2.63. The van der Waals surface area contributed by atoms with Crippen molar-refractivity contribution in [3.8, 4) is 0 Å². The van der Waals surface area contributed by atoms with Crippen molar-refractivity contribution in [3.63, 3.8) is 0 Å². The van der Waals surface area contributed by atoms with Gasteiger partial charge in [-0.3, -0.25) is 52.9 Å². The van der Waals surface area contributed by atoms with Crippen LogP contribution in [0.15, 0.2) is 4.99 Å². The molecule has 1 aliphatic heterocycles. The number of nitrogens with one attached hydrogen (secondary N) is 8.